The molecule has 2 fully saturated rings. The summed E-state index contributed by atoms with van der Waals surface area (Å²) in [7, 11) is 0. The summed E-state index contributed by atoms with van der Waals surface area (Å²) in [6, 6.07) is 0. The number of rotatable bonds is 2. The lowest BCUT2D eigenvalue weighted by Gasteiger charge is -2.12. The highest BCUT2D eigenvalue weighted by atomic mass is 17.0. The van der Waals surface area contributed by atoms with Gasteiger partial charge in [0, 0.05) is 0 Å². The zero-order valence-corrected chi connectivity index (χ0v) is 6.66. The molecular formula is C6H9NO6. The van der Waals surface area contributed by atoms with Crippen molar-refractivity contribution >= 4 is 0 Å². The Bertz CT molecular complexity index is 221. The highest BCUT2D eigenvalue weighted by molar-refractivity contribution is 4.94. The van der Waals surface area contributed by atoms with Crippen LogP contribution in [0.5, 0.6) is 0 Å². The van der Waals surface area contributed by atoms with Gasteiger partial charge in [0.1, 0.15) is 18.3 Å². The van der Waals surface area contributed by atoms with E-state index in [2.05, 4.69) is 4.84 Å². The van der Waals surface area contributed by atoms with Gasteiger partial charge in [0.2, 0.25) is 0 Å². The third kappa shape index (κ3) is 1.45. The Morgan fingerprint density at radius 3 is 2.77 bits per heavy atom. The standard InChI is InChI=1S/C6H9NO6/c8-3-1-11-6-4(13-7(9)10)2-12-5(3)6/h3-6,8H,1-2H2/t3-,4+,5-,6-/m0/s1. The van der Waals surface area contributed by atoms with Gasteiger partial charge in [-0.2, -0.15) is 0 Å². The Morgan fingerprint density at radius 2 is 2.08 bits per heavy atom. The second-order valence-electron chi connectivity index (χ2n) is 3.03. The van der Waals surface area contributed by atoms with Gasteiger partial charge in [0.25, 0.3) is 5.09 Å². The Labute approximate surface area is 73.3 Å². The van der Waals surface area contributed by atoms with Crippen LogP contribution in [-0.4, -0.2) is 47.8 Å². The summed E-state index contributed by atoms with van der Waals surface area (Å²) in [6.07, 6.45) is -2.41. The average molecular weight is 191 g/mol. The molecule has 0 spiro atoms. The molecule has 0 unspecified atom stereocenters. The molecule has 4 atom stereocenters. The predicted octanol–water partition coefficient (Wildman–Crippen LogP) is -1.28. The molecule has 0 saturated carbocycles. The summed E-state index contributed by atoms with van der Waals surface area (Å²) >= 11 is 0. The largest absolute Gasteiger partial charge is 0.388 e. The van der Waals surface area contributed by atoms with E-state index >= 15 is 0 Å². The minimum absolute atomic E-state index is 0.0906. The predicted molar refractivity (Wildman–Crippen MR) is 37.4 cm³/mol. The van der Waals surface area contributed by atoms with Gasteiger partial charge in [-0.25, -0.2) is 0 Å². The van der Waals surface area contributed by atoms with Crippen molar-refractivity contribution in [2.75, 3.05) is 13.2 Å². The third-order valence-electron chi connectivity index (χ3n) is 2.20. The normalized spacial score (nSPS) is 43.2. The van der Waals surface area contributed by atoms with Crippen molar-refractivity contribution in [3.05, 3.63) is 10.1 Å². The van der Waals surface area contributed by atoms with Crippen LogP contribution in [0.15, 0.2) is 0 Å². The van der Waals surface area contributed by atoms with Crippen LogP contribution in [0.2, 0.25) is 0 Å². The van der Waals surface area contributed by atoms with Gasteiger partial charge in [0.15, 0.2) is 6.10 Å². The van der Waals surface area contributed by atoms with Crippen molar-refractivity contribution < 1.29 is 24.5 Å². The molecule has 0 aromatic rings. The molecule has 7 nitrogen and oxygen atoms in total. The molecule has 1 N–H and O–H groups in total. The number of hydrogen-bond donors (Lipinski definition) is 1. The number of aliphatic hydroxyl groups excluding tert-OH is 1. The molecule has 74 valence electrons. The van der Waals surface area contributed by atoms with E-state index in [0.29, 0.717) is 0 Å². The van der Waals surface area contributed by atoms with Crippen LogP contribution in [0.25, 0.3) is 0 Å². The smallest absolute Gasteiger partial charge is 0.294 e. The lowest BCUT2D eigenvalue weighted by atomic mass is 10.1. The van der Waals surface area contributed by atoms with Crippen LogP contribution >= 0.6 is 0 Å². The molecule has 0 aliphatic carbocycles. The first-order chi connectivity index (χ1) is 6.18. The summed E-state index contributed by atoms with van der Waals surface area (Å²) in [5.41, 5.74) is 0. The van der Waals surface area contributed by atoms with E-state index < -0.39 is 29.5 Å². The monoisotopic (exact) mass is 191 g/mol. The molecule has 0 aromatic carbocycles. The first-order valence-corrected chi connectivity index (χ1v) is 3.91. The first-order valence-electron chi connectivity index (χ1n) is 3.91. The molecule has 2 aliphatic rings. The maximum atomic E-state index is 10.0. The molecule has 0 radical (unpaired) electrons. The van der Waals surface area contributed by atoms with Gasteiger partial charge in [-0.15, -0.1) is 10.1 Å². The Morgan fingerprint density at radius 1 is 1.38 bits per heavy atom. The van der Waals surface area contributed by atoms with Crippen LogP contribution < -0.4 is 0 Å². The molecule has 13 heavy (non-hydrogen) atoms. The molecule has 0 aromatic heterocycles. The van der Waals surface area contributed by atoms with E-state index in [-0.39, 0.29) is 13.2 Å². The third-order valence-corrected chi connectivity index (χ3v) is 2.20. The lowest BCUT2D eigenvalue weighted by molar-refractivity contribution is -0.769. The van der Waals surface area contributed by atoms with Gasteiger partial charge in [-0.05, 0) is 0 Å². The molecule has 2 rings (SSSR count). The first kappa shape index (κ1) is 8.67. The molecule has 0 amide bonds. The highest BCUT2D eigenvalue weighted by Crippen LogP contribution is 2.28. The van der Waals surface area contributed by atoms with Gasteiger partial charge in [-0.3, -0.25) is 0 Å². The zero-order chi connectivity index (χ0) is 9.42. The SMILES string of the molecule is O=[N+]([O-])O[C@@H]1CO[C@@H]2[C@H]1OC[C@@H]2O. The molecule has 7 heteroatoms. The van der Waals surface area contributed by atoms with E-state index in [1.54, 1.807) is 0 Å². The van der Waals surface area contributed by atoms with E-state index in [1.807, 2.05) is 0 Å². The van der Waals surface area contributed by atoms with Crippen LogP contribution in [-0.2, 0) is 14.3 Å². The lowest BCUT2D eigenvalue weighted by Crippen LogP contribution is -2.33. The molecule has 2 heterocycles. The topological polar surface area (TPSA) is 91.1 Å². The van der Waals surface area contributed by atoms with E-state index in [9.17, 15) is 15.2 Å². The fourth-order valence-electron chi connectivity index (χ4n) is 1.64. The van der Waals surface area contributed by atoms with Crippen molar-refractivity contribution in [3.8, 4) is 0 Å². The van der Waals surface area contributed by atoms with Gasteiger partial charge in [0.05, 0.1) is 13.2 Å². The molecule has 0 bridgehead atoms. The Hall–Kier alpha value is -0.920. The average Bonchev–Trinajstić information content (AvgIpc) is 2.56. The van der Waals surface area contributed by atoms with Crippen LogP contribution in [0.4, 0.5) is 0 Å². The fourth-order valence-corrected chi connectivity index (χ4v) is 1.64. The maximum Gasteiger partial charge on any atom is 0.294 e. The van der Waals surface area contributed by atoms with Crippen LogP contribution in [0, 0.1) is 10.1 Å². The molecular weight excluding hydrogens is 182 g/mol. The van der Waals surface area contributed by atoms with E-state index in [4.69, 9.17) is 9.47 Å². The minimum atomic E-state index is -0.871. The van der Waals surface area contributed by atoms with Gasteiger partial charge in [-0.1, -0.05) is 0 Å². The number of fused-ring (bicyclic) bond motifs is 1. The van der Waals surface area contributed by atoms with Crippen LogP contribution in [0.1, 0.15) is 0 Å². The number of nitrogens with zero attached hydrogens (tertiary/aromatic N) is 1. The summed E-state index contributed by atoms with van der Waals surface area (Å²) in [5, 5.41) is 18.4. The summed E-state index contributed by atoms with van der Waals surface area (Å²) in [6.45, 7) is 0.236. The van der Waals surface area contributed by atoms with Crippen LogP contribution in [0.3, 0.4) is 0 Å². The second-order valence-corrected chi connectivity index (χ2v) is 3.03. The molecule has 2 aliphatic heterocycles. The number of hydrogen-bond acceptors (Lipinski definition) is 6. The molecule has 2 saturated heterocycles. The summed E-state index contributed by atoms with van der Waals surface area (Å²) in [5.74, 6) is 0. The number of aliphatic hydroxyl groups is 1. The fraction of sp³-hybridized carbons (Fsp3) is 1.00. The van der Waals surface area contributed by atoms with Crippen molar-refractivity contribution in [2.24, 2.45) is 0 Å². The van der Waals surface area contributed by atoms with Crippen molar-refractivity contribution in [1.29, 1.82) is 0 Å². The quantitative estimate of drug-likeness (QED) is 0.432. The van der Waals surface area contributed by atoms with Gasteiger partial charge >= 0.3 is 0 Å². The minimum Gasteiger partial charge on any atom is -0.388 e. The summed E-state index contributed by atoms with van der Waals surface area (Å²) in [4.78, 5) is 14.4. The van der Waals surface area contributed by atoms with E-state index in [0.717, 1.165) is 0 Å². The number of ether oxygens (including phenoxy) is 2. The van der Waals surface area contributed by atoms with Crippen molar-refractivity contribution in [2.45, 2.75) is 24.4 Å². The van der Waals surface area contributed by atoms with Gasteiger partial charge < -0.3 is 19.4 Å². The zero-order valence-electron chi connectivity index (χ0n) is 6.66. The highest BCUT2D eigenvalue weighted by Gasteiger charge is 2.48. The Kier molecular flexibility index (Phi) is 2.06. The summed E-state index contributed by atoms with van der Waals surface area (Å²) < 4.78 is 10.2. The van der Waals surface area contributed by atoms with E-state index in [1.165, 1.54) is 0 Å². The van der Waals surface area contributed by atoms with Crippen molar-refractivity contribution in [1.82, 2.24) is 0 Å². The Balaban J connectivity index is 1.98. The second kappa shape index (κ2) is 3.09. The maximum absolute atomic E-state index is 10.0. The van der Waals surface area contributed by atoms with Crippen molar-refractivity contribution in [3.63, 3.8) is 0 Å².